The predicted molar refractivity (Wildman–Crippen MR) is 85.5 cm³/mol. The Balaban J connectivity index is 2.47. The van der Waals surface area contributed by atoms with Gasteiger partial charge in [0.1, 0.15) is 5.82 Å². The summed E-state index contributed by atoms with van der Waals surface area (Å²) in [6.07, 6.45) is 0. The molecule has 1 unspecified atom stereocenters. The van der Waals surface area contributed by atoms with Crippen LogP contribution in [0.15, 0.2) is 40.9 Å². The zero-order chi connectivity index (χ0) is 14.7. The lowest BCUT2D eigenvalue weighted by molar-refractivity contribution is 0.610. The highest BCUT2D eigenvalue weighted by atomic mass is 79.9. The first kappa shape index (κ1) is 15.2. The van der Waals surface area contributed by atoms with Crippen LogP contribution in [0.25, 0.3) is 0 Å². The lowest BCUT2D eigenvalue weighted by Crippen LogP contribution is -2.23. The largest absolute Gasteiger partial charge is 0.307 e. The Morgan fingerprint density at radius 1 is 1.10 bits per heavy atom. The maximum absolute atomic E-state index is 13.3. The summed E-state index contributed by atoms with van der Waals surface area (Å²) in [4.78, 5) is 0. The number of benzene rings is 2. The smallest absolute Gasteiger partial charge is 0.123 e. The van der Waals surface area contributed by atoms with Gasteiger partial charge in [-0.15, -0.1) is 0 Å². The molecule has 1 nitrogen and oxygen atoms in total. The summed E-state index contributed by atoms with van der Waals surface area (Å²) in [5, 5.41) is 3.48. The van der Waals surface area contributed by atoms with Crippen molar-refractivity contribution in [2.45, 2.75) is 26.8 Å². The third-order valence-electron chi connectivity index (χ3n) is 3.48. The number of rotatable bonds is 4. The fourth-order valence-electron chi connectivity index (χ4n) is 2.36. The number of nitrogens with one attached hydrogen (secondary N) is 1. The molecule has 2 aromatic carbocycles. The van der Waals surface area contributed by atoms with Crippen molar-refractivity contribution in [3.63, 3.8) is 0 Å². The Kier molecular flexibility index (Phi) is 4.95. The number of hydrogen-bond donors (Lipinski definition) is 1. The van der Waals surface area contributed by atoms with Crippen molar-refractivity contribution in [1.29, 1.82) is 0 Å². The minimum Gasteiger partial charge on any atom is -0.307 e. The van der Waals surface area contributed by atoms with Crippen molar-refractivity contribution in [1.82, 2.24) is 5.32 Å². The average molecular weight is 336 g/mol. The highest BCUT2D eigenvalue weighted by Crippen LogP contribution is 2.28. The van der Waals surface area contributed by atoms with Gasteiger partial charge in [0.2, 0.25) is 0 Å². The van der Waals surface area contributed by atoms with E-state index in [4.69, 9.17) is 0 Å². The van der Waals surface area contributed by atoms with Gasteiger partial charge < -0.3 is 5.32 Å². The molecule has 0 amide bonds. The van der Waals surface area contributed by atoms with Crippen LogP contribution < -0.4 is 5.32 Å². The summed E-state index contributed by atoms with van der Waals surface area (Å²) in [6.45, 7) is 6.95. The highest BCUT2D eigenvalue weighted by molar-refractivity contribution is 9.10. The maximum Gasteiger partial charge on any atom is 0.123 e. The Morgan fingerprint density at radius 2 is 1.85 bits per heavy atom. The van der Waals surface area contributed by atoms with Gasteiger partial charge in [-0.2, -0.15) is 0 Å². The van der Waals surface area contributed by atoms with Gasteiger partial charge in [0, 0.05) is 4.47 Å². The summed E-state index contributed by atoms with van der Waals surface area (Å²) in [5.74, 6) is -0.188. The van der Waals surface area contributed by atoms with Crippen molar-refractivity contribution >= 4 is 15.9 Å². The van der Waals surface area contributed by atoms with E-state index in [2.05, 4.69) is 53.3 Å². The van der Waals surface area contributed by atoms with Crippen LogP contribution in [0.5, 0.6) is 0 Å². The number of halogens is 2. The van der Waals surface area contributed by atoms with Crippen LogP contribution in [0.2, 0.25) is 0 Å². The molecule has 2 rings (SSSR count). The Bertz CT molecular complexity index is 610. The van der Waals surface area contributed by atoms with Crippen LogP contribution in [0.1, 0.15) is 35.2 Å². The third kappa shape index (κ3) is 3.28. The molecule has 0 aliphatic carbocycles. The van der Waals surface area contributed by atoms with Crippen LogP contribution in [-0.2, 0) is 0 Å². The molecule has 0 bridgehead atoms. The molecule has 0 saturated heterocycles. The van der Waals surface area contributed by atoms with Gasteiger partial charge in [-0.05, 0) is 60.8 Å². The zero-order valence-corrected chi connectivity index (χ0v) is 13.6. The molecular weight excluding hydrogens is 317 g/mol. The molecule has 0 spiro atoms. The SMILES string of the molecule is CCNC(c1ccc(C)c(Br)c1)c1ccc(F)cc1C. The van der Waals surface area contributed by atoms with Crippen molar-refractivity contribution in [3.8, 4) is 0 Å². The molecule has 2 aromatic rings. The van der Waals surface area contributed by atoms with Crippen molar-refractivity contribution in [2.24, 2.45) is 0 Å². The van der Waals surface area contributed by atoms with Gasteiger partial charge in [-0.3, -0.25) is 0 Å². The molecule has 0 aliphatic heterocycles. The second-order valence-electron chi connectivity index (χ2n) is 5.00. The normalized spacial score (nSPS) is 12.4. The highest BCUT2D eigenvalue weighted by Gasteiger charge is 2.16. The van der Waals surface area contributed by atoms with Gasteiger partial charge in [0.05, 0.1) is 6.04 Å². The van der Waals surface area contributed by atoms with E-state index < -0.39 is 0 Å². The molecular formula is C17H19BrFN. The Morgan fingerprint density at radius 3 is 2.45 bits per heavy atom. The van der Waals surface area contributed by atoms with Gasteiger partial charge in [0.15, 0.2) is 0 Å². The lowest BCUT2D eigenvalue weighted by atomic mass is 9.94. The quantitative estimate of drug-likeness (QED) is 0.837. The van der Waals surface area contributed by atoms with Gasteiger partial charge in [-0.25, -0.2) is 4.39 Å². The molecule has 0 aliphatic rings. The topological polar surface area (TPSA) is 12.0 Å². The lowest BCUT2D eigenvalue weighted by Gasteiger charge is -2.21. The van der Waals surface area contributed by atoms with Crippen LogP contribution >= 0.6 is 15.9 Å². The molecule has 20 heavy (non-hydrogen) atoms. The van der Waals surface area contributed by atoms with Crippen LogP contribution in [0.3, 0.4) is 0 Å². The molecule has 106 valence electrons. The fourth-order valence-corrected chi connectivity index (χ4v) is 2.76. The molecule has 1 atom stereocenters. The monoisotopic (exact) mass is 335 g/mol. The van der Waals surface area contributed by atoms with Gasteiger partial charge >= 0.3 is 0 Å². The molecule has 0 heterocycles. The summed E-state index contributed by atoms with van der Waals surface area (Å²) in [5.41, 5.74) is 4.47. The first-order valence-electron chi connectivity index (χ1n) is 6.78. The third-order valence-corrected chi connectivity index (χ3v) is 4.33. The first-order chi connectivity index (χ1) is 9.52. The second kappa shape index (κ2) is 6.51. The minimum atomic E-state index is -0.188. The van der Waals surface area contributed by atoms with E-state index in [0.29, 0.717) is 0 Å². The van der Waals surface area contributed by atoms with E-state index in [1.807, 2.05) is 13.0 Å². The first-order valence-corrected chi connectivity index (χ1v) is 7.57. The summed E-state index contributed by atoms with van der Waals surface area (Å²) < 4.78 is 14.4. The van der Waals surface area contributed by atoms with E-state index in [1.54, 1.807) is 6.07 Å². The fraction of sp³-hybridized carbons (Fsp3) is 0.294. The van der Waals surface area contributed by atoms with Crippen molar-refractivity contribution in [2.75, 3.05) is 6.54 Å². The van der Waals surface area contributed by atoms with Crippen LogP contribution in [0.4, 0.5) is 4.39 Å². The summed E-state index contributed by atoms with van der Waals surface area (Å²) in [6, 6.07) is 11.4. The van der Waals surface area contributed by atoms with Gasteiger partial charge in [-0.1, -0.05) is 41.1 Å². The van der Waals surface area contributed by atoms with Crippen LogP contribution in [-0.4, -0.2) is 6.54 Å². The Labute approximate surface area is 128 Å². The number of aryl methyl sites for hydroxylation is 2. The predicted octanol–water partition coefficient (Wildman–Crippen LogP) is 4.90. The van der Waals surface area contributed by atoms with E-state index >= 15 is 0 Å². The molecule has 3 heteroatoms. The minimum absolute atomic E-state index is 0.0810. The molecule has 0 aromatic heterocycles. The van der Waals surface area contributed by atoms with E-state index in [9.17, 15) is 4.39 Å². The summed E-state index contributed by atoms with van der Waals surface area (Å²) >= 11 is 3.58. The Hall–Kier alpha value is -1.19. The van der Waals surface area contributed by atoms with Crippen LogP contribution in [0, 0.1) is 19.7 Å². The maximum atomic E-state index is 13.3. The molecule has 0 fully saturated rings. The van der Waals surface area contributed by atoms with Crippen molar-refractivity contribution in [3.05, 3.63) is 68.9 Å². The summed E-state index contributed by atoms with van der Waals surface area (Å²) in [7, 11) is 0. The molecule has 0 radical (unpaired) electrons. The molecule has 1 N–H and O–H groups in total. The zero-order valence-electron chi connectivity index (χ0n) is 12.0. The van der Waals surface area contributed by atoms with E-state index in [-0.39, 0.29) is 11.9 Å². The second-order valence-corrected chi connectivity index (χ2v) is 5.85. The van der Waals surface area contributed by atoms with Crippen molar-refractivity contribution < 1.29 is 4.39 Å². The molecule has 0 saturated carbocycles. The van der Waals surface area contributed by atoms with E-state index in [1.165, 1.54) is 17.2 Å². The van der Waals surface area contributed by atoms with Gasteiger partial charge in [0.25, 0.3) is 0 Å². The standard InChI is InChI=1S/C17H19BrFN/c1-4-20-17(13-6-5-11(2)16(18)10-13)15-8-7-14(19)9-12(15)3/h5-10,17,20H,4H2,1-3H3. The van der Waals surface area contributed by atoms with E-state index in [0.717, 1.165) is 22.1 Å². The average Bonchev–Trinajstić information content (AvgIpc) is 2.40. The number of hydrogen-bond acceptors (Lipinski definition) is 1.